The predicted molar refractivity (Wildman–Crippen MR) is 101 cm³/mol. The predicted octanol–water partition coefficient (Wildman–Crippen LogP) is 4.67. The topological polar surface area (TPSA) is 38.3 Å². The van der Waals surface area contributed by atoms with E-state index in [0.29, 0.717) is 5.75 Å². The molecule has 0 saturated carbocycles. The lowest BCUT2D eigenvalue weighted by molar-refractivity contribution is -0.119. The van der Waals surface area contributed by atoms with Crippen LogP contribution in [-0.4, -0.2) is 18.8 Å². The Hall–Kier alpha value is -1.94. The summed E-state index contributed by atoms with van der Waals surface area (Å²) in [7, 11) is 1.67. The zero-order chi connectivity index (χ0) is 17.5. The maximum absolute atomic E-state index is 12.3. The summed E-state index contributed by atoms with van der Waals surface area (Å²) in [6, 6.07) is 14.3. The first kappa shape index (κ1) is 18.4. The van der Waals surface area contributed by atoms with Crippen molar-refractivity contribution < 1.29 is 9.53 Å². The van der Waals surface area contributed by atoms with E-state index in [0.717, 1.165) is 28.2 Å². The quantitative estimate of drug-likeness (QED) is 0.742. The SMILES string of the molecule is CC[C@H](NC(=O)CSc1ccc(C)cc1)c1ccc(OC)c(C)c1. The molecule has 128 valence electrons. The lowest BCUT2D eigenvalue weighted by Crippen LogP contribution is -2.29. The van der Waals surface area contributed by atoms with Crippen LogP contribution in [0.3, 0.4) is 0 Å². The number of hydrogen-bond donors (Lipinski definition) is 1. The average Bonchev–Trinajstić information content (AvgIpc) is 2.59. The molecule has 0 aliphatic rings. The Morgan fingerprint density at radius 3 is 2.46 bits per heavy atom. The molecule has 0 spiro atoms. The average molecular weight is 343 g/mol. The van der Waals surface area contributed by atoms with E-state index in [9.17, 15) is 4.79 Å². The van der Waals surface area contributed by atoms with E-state index in [1.165, 1.54) is 5.56 Å². The smallest absolute Gasteiger partial charge is 0.230 e. The van der Waals surface area contributed by atoms with Gasteiger partial charge in [-0.3, -0.25) is 4.79 Å². The Labute approximate surface area is 148 Å². The van der Waals surface area contributed by atoms with Gasteiger partial charge in [0.05, 0.1) is 18.9 Å². The molecule has 0 aliphatic carbocycles. The molecular weight excluding hydrogens is 318 g/mol. The number of amides is 1. The van der Waals surface area contributed by atoms with Gasteiger partial charge in [0.15, 0.2) is 0 Å². The minimum absolute atomic E-state index is 0.0284. The fourth-order valence-corrected chi connectivity index (χ4v) is 3.27. The van der Waals surface area contributed by atoms with Crippen molar-refractivity contribution in [3.8, 4) is 5.75 Å². The first-order valence-corrected chi connectivity index (χ1v) is 9.15. The highest BCUT2D eigenvalue weighted by molar-refractivity contribution is 8.00. The van der Waals surface area contributed by atoms with Gasteiger partial charge in [0, 0.05) is 4.90 Å². The molecule has 4 heteroatoms. The van der Waals surface area contributed by atoms with Crippen LogP contribution in [0.2, 0.25) is 0 Å². The van der Waals surface area contributed by atoms with Gasteiger partial charge in [0.1, 0.15) is 5.75 Å². The number of rotatable bonds is 7. The zero-order valence-corrected chi connectivity index (χ0v) is 15.6. The number of carbonyl (C=O) groups is 1. The highest BCUT2D eigenvalue weighted by Crippen LogP contribution is 2.25. The van der Waals surface area contributed by atoms with Crippen LogP contribution in [0.15, 0.2) is 47.4 Å². The Bertz CT molecular complexity index is 683. The minimum atomic E-state index is 0.0284. The molecule has 0 aromatic heterocycles. The number of benzene rings is 2. The summed E-state index contributed by atoms with van der Waals surface area (Å²) in [6.07, 6.45) is 0.854. The molecule has 1 N–H and O–H groups in total. The van der Waals surface area contributed by atoms with E-state index in [4.69, 9.17) is 4.74 Å². The monoisotopic (exact) mass is 343 g/mol. The number of aryl methyl sites for hydroxylation is 2. The van der Waals surface area contributed by atoms with Crippen LogP contribution >= 0.6 is 11.8 Å². The van der Waals surface area contributed by atoms with Gasteiger partial charge in [0.2, 0.25) is 5.91 Å². The Kier molecular flexibility index (Phi) is 6.73. The maximum atomic E-state index is 12.3. The van der Waals surface area contributed by atoms with Gasteiger partial charge in [-0.25, -0.2) is 0 Å². The van der Waals surface area contributed by atoms with E-state index in [1.54, 1.807) is 18.9 Å². The summed E-state index contributed by atoms with van der Waals surface area (Å²) in [5.74, 6) is 1.35. The zero-order valence-electron chi connectivity index (χ0n) is 14.8. The standard InChI is InChI=1S/C20H25NO2S/c1-5-18(16-8-11-19(23-4)15(3)12-16)21-20(22)13-24-17-9-6-14(2)7-10-17/h6-12,18H,5,13H2,1-4H3,(H,21,22)/t18-/m0/s1. The van der Waals surface area contributed by atoms with Crippen molar-refractivity contribution in [1.29, 1.82) is 0 Å². The van der Waals surface area contributed by atoms with Gasteiger partial charge in [-0.05, 0) is 49.6 Å². The van der Waals surface area contributed by atoms with Crippen molar-refractivity contribution in [3.63, 3.8) is 0 Å². The molecule has 0 aliphatic heterocycles. The Balaban J connectivity index is 1.95. The van der Waals surface area contributed by atoms with Gasteiger partial charge in [-0.15, -0.1) is 11.8 Å². The molecular formula is C20H25NO2S. The lowest BCUT2D eigenvalue weighted by atomic mass is 10.0. The Morgan fingerprint density at radius 2 is 1.88 bits per heavy atom. The molecule has 0 unspecified atom stereocenters. The van der Waals surface area contributed by atoms with Crippen LogP contribution in [0, 0.1) is 13.8 Å². The van der Waals surface area contributed by atoms with Crippen LogP contribution in [0.1, 0.15) is 36.1 Å². The third-order valence-corrected chi connectivity index (χ3v) is 4.97. The summed E-state index contributed by atoms with van der Waals surface area (Å²) in [6.45, 7) is 6.16. The second-order valence-corrected chi connectivity index (χ2v) is 6.91. The number of methoxy groups -OCH3 is 1. The summed E-state index contributed by atoms with van der Waals surface area (Å²) in [5.41, 5.74) is 3.42. The molecule has 2 aromatic carbocycles. The second kappa shape index (κ2) is 8.78. The van der Waals surface area contributed by atoms with Crippen LogP contribution in [0.5, 0.6) is 5.75 Å². The van der Waals surface area contributed by atoms with E-state index in [2.05, 4.69) is 49.5 Å². The molecule has 1 atom stereocenters. The fraction of sp³-hybridized carbons (Fsp3) is 0.350. The number of ether oxygens (including phenoxy) is 1. The van der Waals surface area contributed by atoms with E-state index in [1.807, 2.05) is 19.1 Å². The van der Waals surface area contributed by atoms with Crippen LogP contribution < -0.4 is 10.1 Å². The van der Waals surface area contributed by atoms with Crippen molar-refractivity contribution in [2.45, 2.75) is 38.1 Å². The normalized spacial score (nSPS) is 11.8. The van der Waals surface area contributed by atoms with Crippen LogP contribution in [0.25, 0.3) is 0 Å². The molecule has 0 saturated heterocycles. The van der Waals surface area contributed by atoms with Crippen molar-refractivity contribution >= 4 is 17.7 Å². The summed E-state index contributed by atoms with van der Waals surface area (Å²) in [4.78, 5) is 13.4. The number of hydrogen-bond acceptors (Lipinski definition) is 3. The summed E-state index contributed by atoms with van der Waals surface area (Å²) < 4.78 is 5.30. The summed E-state index contributed by atoms with van der Waals surface area (Å²) in [5, 5.41) is 3.13. The molecule has 3 nitrogen and oxygen atoms in total. The molecule has 0 heterocycles. The third-order valence-electron chi connectivity index (χ3n) is 3.96. The molecule has 0 radical (unpaired) electrons. The van der Waals surface area contributed by atoms with Crippen molar-refractivity contribution in [2.75, 3.05) is 12.9 Å². The first-order chi connectivity index (χ1) is 11.5. The Morgan fingerprint density at radius 1 is 1.17 bits per heavy atom. The molecule has 0 bridgehead atoms. The van der Waals surface area contributed by atoms with Crippen LogP contribution in [0.4, 0.5) is 0 Å². The van der Waals surface area contributed by atoms with E-state index < -0.39 is 0 Å². The first-order valence-electron chi connectivity index (χ1n) is 8.16. The molecule has 0 fully saturated rings. The van der Waals surface area contributed by atoms with E-state index in [-0.39, 0.29) is 11.9 Å². The number of carbonyl (C=O) groups excluding carboxylic acids is 1. The molecule has 2 aromatic rings. The maximum Gasteiger partial charge on any atom is 0.230 e. The number of thioether (sulfide) groups is 1. The van der Waals surface area contributed by atoms with E-state index >= 15 is 0 Å². The van der Waals surface area contributed by atoms with Crippen molar-refractivity contribution in [2.24, 2.45) is 0 Å². The summed E-state index contributed by atoms with van der Waals surface area (Å²) >= 11 is 1.56. The second-order valence-electron chi connectivity index (χ2n) is 5.86. The van der Waals surface area contributed by atoms with Crippen molar-refractivity contribution in [1.82, 2.24) is 5.32 Å². The fourth-order valence-electron chi connectivity index (χ4n) is 2.56. The van der Waals surface area contributed by atoms with Crippen LogP contribution in [-0.2, 0) is 4.79 Å². The van der Waals surface area contributed by atoms with Gasteiger partial charge in [-0.1, -0.05) is 36.8 Å². The highest BCUT2D eigenvalue weighted by Gasteiger charge is 2.14. The minimum Gasteiger partial charge on any atom is -0.496 e. The van der Waals surface area contributed by atoms with Gasteiger partial charge in [-0.2, -0.15) is 0 Å². The van der Waals surface area contributed by atoms with Crippen molar-refractivity contribution in [3.05, 3.63) is 59.2 Å². The highest BCUT2D eigenvalue weighted by atomic mass is 32.2. The van der Waals surface area contributed by atoms with Gasteiger partial charge in [0.25, 0.3) is 0 Å². The molecule has 2 rings (SSSR count). The molecule has 24 heavy (non-hydrogen) atoms. The van der Waals surface area contributed by atoms with Gasteiger partial charge >= 0.3 is 0 Å². The number of nitrogens with one attached hydrogen (secondary N) is 1. The third kappa shape index (κ3) is 5.03. The lowest BCUT2D eigenvalue weighted by Gasteiger charge is -2.19. The van der Waals surface area contributed by atoms with Gasteiger partial charge < -0.3 is 10.1 Å². The molecule has 1 amide bonds. The largest absolute Gasteiger partial charge is 0.496 e.